The van der Waals surface area contributed by atoms with Gasteiger partial charge < -0.3 is 0 Å². The molecule has 0 saturated carbocycles. The molecule has 1 rings (SSSR count). The van der Waals surface area contributed by atoms with Crippen molar-refractivity contribution in [3.05, 3.63) is 6.33 Å². The molecule has 0 N–H and O–H groups in total. The van der Waals surface area contributed by atoms with Gasteiger partial charge in [-0.25, -0.2) is 4.98 Å². The molecule has 10 heavy (non-hydrogen) atoms. The van der Waals surface area contributed by atoms with Crippen LogP contribution in [0, 0.1) is 0 Å². The molecular weight excluding hydrogens is 184 g/mol. The average molecular weight is 192 g/mol. The van der Waals surface area contributed by atoms with Crippen LogP contribution in [0.2, 0.25) is 0 Å². The first kappa shape index (κ1) is 8.36. The van der Waals surface area contributed by atoms with Crippen molar-refractivity contribution in [1.29, 1.82) is 0 Å². The first-order chi connectivity index (χ1) is 4.93. The molecule has 2 nitrogen and oxygen atoms in total. The monoisotopic (exact) mass is 192 g/mol. The number of hydrogen-bond acceptors (Lipinski definition) is 5. The van der Waals surface area contributed by atoms with Crippen molar-refractivity contribution >= 4 is 35.9 Å². The third-order valence-electron chi connectivity index (χ3n) is 0.869. The Hall–Kier alpha value is 0.260. The first-order valence-electron chi connectivity index (χ1n) is 2.94. The smallest absolute Gasteiger partial charge is 0.169 e. The topological polar surface area (TPSA) is 25.8 Å². The molecule has 0 aromatic carbocycles. The molecule has 0 fully saturated rings. The predicted octanol–water partition coefficient (Wildman–Crippen LogP) is 1.95. The Labute approximate surface area is 74.0 Å². The molecule has 0 aliphatic heterocycles. The molecule has 0 radical (unpaired) electrons. The summed E-state index contributed by atoms with van der Waals surface area (Å²) in [5, 5.41) is 0. The molecule has 56 valence electrons. The maximum absolute atomic E-state index is 4.11. The van der Waals surface area contributed by atoms with Crippen molar-refractivity contribution in [3.8, 4) is 0 Å². The Morgan fingerprint density at radius 2 is 2.60 bits per heavy atom. The number of nitrogens with zero attached hydrogens (tertiary/aromatic N) is 2. The van der Waals surface area contributed by atoms with Crippen LogP contribution in [0.15, 0.2) is 10.7 Å². The van der Waals surface area contributed by atoms with Gasteiger partial charge in [-0.05, 0) is 23.7 Å². The molecule has 1 heterocycles. The van der Waals surface area contributed by atoms with Gasteiger partial charge in [-0.15, -0.1) is 0 Å². The zero-order chi connectivity index (χ0) is 7.23. The van der Waals surface area contributed by atoms with E-state index >= 15 is 0 Å². The maximum Gasteiger partial charge on any atom is 0.169 e. The van der Waals surface area contributed by atoms with Crippen LogP contribution in [-0.2, 0) is 0 Å². The van der Waals surface area contributed by atoms with E-state index in [0.717, 1.165) is 22.3 Å². The second kappa shape index (κ2) is 4.98. The molecular formula is C5H8N2S3. The summed E-state index contributed by atoms with van der Waals surface area (Å²) in [7, 11) is 0. The highest BCUT2D eigenvalue weighted by Crippen LogP contribution is 2.18. The molecule has 0 amide bonds. The quantitative estimate of drug-likeness (QED) is 0.448. The molecule has 1 aromatic rings. The highest BCUT2D eigenvalue weighted by atomic mass is 32.2. The van der Waals surface area contributed by atoms with Gasteiger partial charge in [0.05, 0.1) is 0 Å². The van der Waals surface area contributed by atoms with E-state index in [4.69, 9.17) is 0 Å². The van der Waals surface area contributed by atoms with Crippen molar-refractivity contribution in [1.82, 2.24) is 9.36 Å². The zero-order valence-corrected chi connectivity index (χ0v) is 7.88. The third-order valence-corrected chi connectivity index (χ3v) is 3.07. The zero-order valence-electron chi connectivity index (χ0n) is 5.36. The summed E-state index contributed by atoms with van der Waals surface area (Å²) in [6, 6.07) is 0. The van der Waals surface area contributed by atoms with Crippen molar-refractivity contribution < 1.29 is 0 Å². The molecule has 0 atom stereocenters. The molecule has 5 heteroatoms. The van der Waals surface area contributed by atoms with E-state index < -0.39 is 0 Å². The van der Waals surface area contributed by atoms with Gasteiger partial charge in [0.15, 0.2) is 4.34 Å². The van der Waals surface area contributed by atoms with Crippen LogP contribution in [0.4, 0.5) is 0 Å². The lowest BCUT2D eigenvalue weighted by Gasteiger charge is -1.91. The summed E-state index contributed by atoms with van der Waals surface area (Å²) in [6.07, 6.45) is 2.72. The summed E-state index contributed by atoms with van der Waals surface area (Å²) in [5.74, 6) is 2.05. The lowest BCUT2D eigenvalue weighted by Crippen LogP contribution is -1.79. The summed E-state index contributed by atoms with van der Waals surface area (Å²) < 4.78 is 4.95. The number of rotatable bonds is 4. The molecule has 0 saturated heterocycles. The largest absolute Gasteiger partial charge is 0.216 e. The predicted molar refractivity (Wildman–Crippen MR) is 49.1 cm³/mol. The van der Waals surface area contributed by atoms with E-state index in [1.165, 1.54) is 11.5 Å². The molecule has 0 aliphatic rings. The fourth-order valence-corrected chi connectivity index (χ4v) is 2.28. The summed E-state index contributed by atoms with van der Waals surface area (Å²) in [4.78, 5) is 4.03. The lowest BCUT2D eigenvalue weighted by atomic mass is 10.6. The summed E-state index contributed by atoms with van der Waals surface area (Å²) >= 11 is 7.30. The Morgan fingerprint density at radius 1 is 1.70 bits per heavy atom. The van der Waals surface area contributed by atoms with Crippen LogP contribution in [-0.4, -0.2) is 20.9 Å². The number of aromatic nitrogens is 2. The van der Waals surface area contributed by atoms with Gasteiger partial charge in [-0.2, -0.15) is 17.0 Å². The van der Waals surface area contributed by atoms with Crippen LogP contribution in [0.25, 0.3) is 0 Å². The van der Waals surface area contributed by atoms with E-state index in [-0.39, 0.29) is 0 Å². The second-order valence-electron chi connectivity index (χ2n) is 1.63. The van der Waals surface area contributed by atoms with Crippen LogP contribution in [0.5, 0.6) is 0 Å². The molecule has 0 aliphatic carbocycles. The van der Waals surface area contributed by atoms with E-state index in [1.807, 2.05) is 0 Å². The normalized spacial score (nSPS) is 10.1. The Balaban J connectivity index is 2.15. The SMILES string of the molecule is SCCCSc1ncns1. The fourth-order valence-electron chi connectivity index (χ4n) is 0.451. The lowest BCUT2D eigenvalue weighted by molar-refractivity contribution is 1.12. The van der Waals surface area contributed by atoms with Crippen LogP contribution < -0.4 is 0 Å². The van der Waals surface area contributed by atoms with Crippen LogP contribution in [0.1, 0.15) is 6.42 Å². The van der Waals surface area contributed by atoms with Gasteiger partial charge in [-0.3, -0.25) is 0 Å². The van der Waals surface area contributed by atoms with Gasteiger partial charge in [0.2, 0.25) is 0 Å². The second-order valence-corrected chi connectivity index (χ2v) is 4.20. The standard InChI is InChI=1S/C5H8N2S3/c8-2-1-3-9-5-6-4-7-10-5/h4,8H,1-3H2. The van der Waals surface area contributed by atoms with Crippen LogP contribution in [0.3, 0.4) is 0 Å². The Kier molecular flexibility index (Phi) is 4.16. The van der Waals surface area contributed by atoms with Gasteiger partial charge >= 0.3 is 0 Å². The minimum Gasteiger partial charge on any atom is -0.216 e. The minimum absolute atomic E-state index is 0.950. The van der Waals surface area contributed by atoms with Gasteiger partial charge in [0.25, 0.3) is 0 Å². The van der Waals surface area contributed by atoms with Crippen molar-refractivity contribution in [2.24, 2.45) is 0 Å². The average Bonchev–Trinajstić information content (AvgIpc) is 2.41. The number of thioether (sulfide) groups is 1. The third kappa shape index (κ3) is 2.90. The highest BCUT2D eigenvalue weighted by Gasteiger charge is 1.94. The van der Waals surface area contributed by atoms with Gasteiger partial charge in [0, 0.05) is 5.75 Å². The van der Waals surface area contributed by atoms with Crippen molar-refractivity contribution in [3.63, 3.8) is 0 Å². The van der Waals surface area contributed by atoms with E-state index in [1.54, 1.807) is 18.1 Å². The molecule has 0 spiro atoms. The van der Waals surface area contributed by atoms with Gasteiger partial charge in [0.1, 0.15) is 6.33 Å². The maximum atomic E-state index is 4.11. The molecule has 0 bridgehead atoms. The Morgan fingerprint density at radius 3 is 3.20 bits per heavy atom. The van der Waals surface area contributed by atoms with Gasteiger partial charge in [-0.1, -0.05) is 11.8 Å². The number of thiol groups is 1. The summed E-state index contributed by atoms with van der Waals surface area (Å²) in [6.45, 7) is 0. The molecule has 1 aromatic heterocycles. The summed E-state index contributed by atoms with van der Waals surface area (Å²) in [5.41, 5.74) is 0. The van der Waals surface area contributed by atoms with E-state index in [2.05, 4.69) is 22.0 Å². The fraction of sp³-hybridized carbons (Fsp3) is 0.600. The van der Waals surface area contributed by atoms with E-state index in [0.29, 0.717) is 0 Å². The first-order valence-corrected chi connectivity index (χ1v) is 5.33. The van der Waals surface area contributed by atoms with Crippen molar-refractivity contribution in [2.75, 3.05) is 11.5 Å². The minimum atomic E-state index is 0.950. The van der Waals surface area contributed by atoms with Crippen LogP contribution >= 0.6 is 35.9 Å². The van der Waals surface area contributed by atoms with Crippen molar-refractivity contribution in [2.45, 2.75) is 10.8 Å². The molecule has 0 unspecified atom stereocenters. The Bertz CT molecular complexity index is 163. The highest BCUT2D eigenvalue weighted by molar-refractivity contribution is 8.00. The number of hydrogen-bond donors (Lipinski definition) is 1. The van der Waals surface area contributed by atoms with E-state index in [9.17, 15) is 0 Å².